The van der Waals surface area contributed by atoms with Gasteiger partial charge < -0.3 is 5.11 Å². The second-order valence-electron chi connectivity index (χ2n) is 2.96. The molecule has 2 aromatic rings. The zero-order chi connectivity index (χ0) is 9.97. The molecule has 14 heavy (non-hydrogen) atoms. The minimum absolute atomic E-state index is 0.0399. The number of hydrogen-bond acceptors (Lipinski definition) is 4. The molecule has 0 unspecified atom stereocenters. The van der Waals surface area contributed by atoms with Crippen LogP contribution in [0.15, 0.2) is 23.6 Å². The summed E-state index contributed by atoms with van der Waals surface area (Å²) in [7, 11) is 0. The van der Waals surface area contributed by atoms with Gasteiger partial charge in [-0.1, -0.05) is 6.07 Å². The molecule has 2 rings (SSSR count). The normalized spacial score (nSPS) is 10.4. The van der Waals surface area contributed by atoms with Gasteiger partial charge in [0.15, 0.2) is 5.82 Å². The molecule has 0 aliphatic carbocycles. The molecule has 0 fully saturated rings. The molecule has 0 saturated carbocycles. The van der Waals surface area contributed by atoms with Crippen LogP contribution in [0.25, 0.3) is 10.7 Å². The Labute approximate surface area is 86.1 Å². The number of nitrogens with zero attached hydrogens (tertiary/aromatic N) is 2. The average Bonchev–Trinajstić information content (AvgIpc) is 2.69. The van der Waals surface area contributed by atoms with Crippen LogP contribution in [0.4, 0.5) is 0 Å². The Morgan fingerprint density at radius 1 is 1.43 bits per heavy atom. The van der Waals surface area contributed by atoms with Crippen molar-refractivity contribution in [3.05, 3.63) is 35.0 Å². The summed E-state index contributed by atoms with van der Waals surface area (Å²) >= 11 is 1.60. The molecular formula is C10H10N2OS. The maximum absolute atomic E-state index is 9.00. The van der Waals surface area contributed by atoms with E-state index in [1.54, 1.807) is 17.4 Å². The van der Waals surface area contributed by atoms with Crippen LogP contribution in [0.1, 0.15) is 11.4 Å². The lowest BCUT2D eigenvalue weighted by atomic mass is 10.3. The summed E-state index contributed by atoms with van der Waals surface area (Å²) in [6.07, 6.45) is 0. The van der Waals surface area contributed by atoms with Crippen LogP contribution in [0.5, 0.6) is 0 Å². The first-order valence-corrected chi connectivity index (χ1v) is 5.17. The van der Waals surface area contributed by atoms with E-state index < -0.39 is 0 Å². The van der Waals surface area contributed by atoms with Crippen molar-refractivity contribution in [1.82, 2.24) is 9.97 Å². The van der Waals surface area contributed by atoms with Crippen molar-refractivity contribution in [3.63, 3.8) is 0 Å². The lowest BCUT2D eigenvalue weighted by Gasteiger charge is -2.01. The first-order chi connectivity index (χ1) is 6.79. The molecule has 2 heterocycles. The minimum atomic E-state index is -0.0399. The summed E-state index contributed by atoms with van der Waals surface area (Å²) in [5.41, 5.74) is 1.55. The van der Waals surface area contributed by atoms with Gasteiger partial charge >= 0.3 is 0 Å². The Morgan fingerprint density at radius 2 is 2.29 bits per heavy atom. The molecule has 2 aromatic heterocycles. The molecule has 0 spiro atoms. The van der Waals surface area contributed by atoms with Crippen LogP contribution in [0.3, 0.4) is 0 Å². The first kappa shape index (κ1) is 9.30. The highest BCUT2D eigenvalue weighted by atomic mass is 32.1. The van der Waals surface area contributed by atoms with Gasteiger partial charge in [0.25, 0.3) is 0 Å². The molecule has 0 aliphatic rings. The molecule has 4 heteroatoms. The molecule has 0 aromatic carbocycles. The van der Waals surface area contributed by atoms with Gasteiger partial charge in [-0.15, -0.1) is 11.3 Å². The van der Waals surface area contributed by atoms with Gasteiger partial charge in [-0.05, 0) is 24.4 Å². The van der Waals surface area contributed by atoms with Crippen molar-refractivity contribution in [2.45, 2.75) is 13.5 Å². The quantitative estimate of drug-likeness (QED) is 0.817. The summed E-state index contributed by atoms with van der Waals surface area (Å²) in [6.45, 7) is 1.86. The summed E-state index contributed by atoms with van der Waals surface area (Å²) in [5.74, 6) is 0.698. The van der Waals surface area contributed by atoms with Gasteiger partial charge in [-0.25, -0.2) is 9.97 Å². The van der Waals surface area contributed by atoms with E-state index in [1.807, 2.05) is 24.4 Å². The number of aromatic nitrogens is 2. The Hall–Kier alpha value is -1.26. The third-order valence-electron chi connectivity index (χ3n) is 1.81. The van der Waals surface area contributed by atoms with E-state index in [0.717, 1.165) is 10.6 Å². The third kappa shape index (κ3) is 1.81. The lowest BCUT2D eigenvalue weighted by Crippen LogP contribution is -1.96. The van der Waals surface area contributed by atoms with Crippen LogP contribution in [-0.2, 0) is 6.61 Å². The van der Waals surface area contributed by atoms with Crippen LogP contribution in [-0.4, -0.2) is 15.1 Å². The fraction of sp³-hybridized carbons (Fsp3) is 0.200. The van der Waals surface area contributed by atoms with Crippen LogP contribution in [0, 0.1) is 6.92 Å². The van der Waals surface area contributed by atoms with E-state index in [0.29, 0.717) is 11.5 Å². The molecule has 1 N–H and O–H groups in total. The fourth-order valence-corrected chi connectivity index (χ4v) is 1.89. The van der Waals surface area contributed by atoms with Gasteiger partial charge in [0.05, 0.1) is 17.2 Å². The largest absolute Gasteiger partial charge is 0.390 e. The summed E-state index contributed by atoms with van der Waals surface area (Å²) in [5, 5.41) is 11.0. The first-order valence-electron chi connectivity index (χ1n) is 4.29. The maximum atomic E-state index is 9.00. The van der Waals surface area contributed by atoms with Crippen molar-refractivity contribution in [1.29, 1.82) is 0 Å². The van der Waals surface area contributed by atoms with Crippen LogP contribution >= 0.6 is 11.3 Å². The second-order valence-corrected chi connectivity index (χ2v) is 3.91. The Bertz CT molecular complexity index is 426. The highest BCUT2D eigenvalue weighted by Gasteiger charge is 2.04. The van der Waals surface area contributed by atoms with Crippen LogP contribution < -0.4 is 0 Å². The standard InChI is InChI=1S/C10H10N2OS/c1-7-5-8(6-13)12-10(11-7)9-3-2-4-14-9/h2-5,13H,6H2,1H3. The highest BCUT2D eigenvalue weighted by molar-refractivity contribution is 7.13. The topological polar surface area (TPSA) is 46.0 Å². The number of thiophene rings is 1. The monoisotopic (exact) mass is 206 g/mol. The second kappa shape index (κ2) is 3.86. The lowest BCUT2D eigenvalue weighted by molar-refractivity contribution is 0.276. The highest BCUT2D eigenvalue weighted by Crippen LogP contribution is 2.21. The zero-order valence-electron chi connectivity index (χ0n) is 7.77. The van der Waals surface area contributed by atoms with Gasteiger partial charge in [0.1, 0.15) is 0 Å². The Kier molecular flexibility index (Phi) is 2.56. The van der Waals surface area contributed by atoms with Crippen molar-refractivity contribution in [2.24, 2.45) is 0 Å². The Balaban J connectivity index is 2.48. The number of aliphatic hydroxyl groups is 1. The number of aliphatic hydroxyl groups excluding tert-OH is 1. The molecule has 0 bridgehead atoms. The van der Waals surface area contributed by atoms with E-state index in [4.69, 9.17) is 5.11 Å². The predicted molar refractivity (Wildman–Crippen MR) is 56.0 cm³/mol. The Morgan fingerprint density at radius 3 is 2.93 bits per heavy atom. The molecule has 0 saturated heterocycles. The minimum Gasteiger partial charge on any atom is -0.390 e. The maximum Gasteiger partial charge on any atom is 0.169 e. The van der Waals surface area contributed by atoms with Gasteiger partial charge in [0, 0.05) is 5.69 Å². The van der Waals surface area contributed by atoms with Crippen molar-refractivity contribution in [2.75, 3.05) is 0 Å². The van der Waals surface area contributed by atoms with Crippen molar-refractivity contribution in [3.8, 4) is 10.7 Å². The van der Waals surface area contributed by atoms with E-state index >= 15 is 0 Å². The molecule has 72 valence electrons. The van der Waals surface area contributed by atoms with E-state index in [-0.39, 0.29) is 6.61 Å². The van der Waals surface area contributed by atoms with Crippen molar-refractivity contribution >= 4 is 11.3 Å². The fourth-order valence-electron chi connectivity index (χ4n) is 1.23. The summed E-state index contributed by atoms with van der Waals surface area (Å²) < 4.78 is 0. The molecule has 0 radical (unpaired) electrons. The van der Waals surface area contributed by atoms with E-state index in [2.05, 4.69) is 9.97 Å². The smallest absolute Gasteiger partial charge is 0.169 e. The average molecular weight is 206 g/mol. The van der Waals surface area contributed by atoms with E-state index in [1.165, 1.54) is 0 Å². The van der Waals surface area contributed by atoms with E-state index in [9.17, 15) is 0 Å². The van der Waals surface area contributed by atoms with Gasteiger partial charge in [-0.3, -0.25) is 0 Å². The number of hydrogen-bond donors (Lipinski definition) is 1. The van der Waals surface area contributed by atoms with Gasteiger partial charge in [0.2, 0.25) is 0 Å². The number of rotatable bonds is 2. The van der Waals surface area contributed by atoms with Crippen molar-refractivity contribution < 1.29 is 5.11 Å². The predicted octanol–water partition coefficient (Wildman–Crippen LogP) is 2.01. The molecule has 3 nitrogen and oxygen atoms in total. The third-order valence-corrected chi connectivity index (χ3v) is 2.68. The number of aryl methyl sites for hydroxylation is 1. The molecular weight excluding hydrogens is 196 g/mol. The summed E-state index contributed by atoms with van der Waals surface area (Å²) in [6, 6.07) is 5.72. The molecule has 0 amide bonds. The zero-order valence-corrected chi connectivity index (χ0v) is 8.58. The van der Waals surface area contributed by atoms with Gasteiger partial charge in [-0.2, -0.15) is 0 Å². The SMILES string of the molecule is Cc1cc(CO)nc(-c2cccs2)n1. The summed E-state index contributed by atoms with van der Waals surface area (Å²) in [4.78, 5) is 9.59. The molecule has 0 atom stereocenters. The molecule has 0 aliphatic heterocycles. The van der Waals surface area contributed by atoms with Crippen LogP contribution in [0.2, 0.25) is 0 Å².